The van der Waals surface area contributed by atoms with Gasteiger partial charge < -0.3 is 14.3 Å². The third-order valence-corrected chi connectivity index (χ3v) is 10.3. The summed E-state index contributed by atoms with van der Waals surface area (Å²) in [6.07, 6.45) is 5.28. The van der Waals surface area contributed by atoms with Crippen LogP contribution in [0.3, 0.4) is 0 Å². The van der Waals surface area contributed by atoms with Crippen molar-refractivity contribution < 1.29 is 19.1 Å². The number of aliphatic hydroxyl groups is 1. The van der Waals surface area contributed by atoms with Crippen molar-refractivity contribution >= 4 is 40.2 Å². The first kappa shape index (κ1) is 25.0. The Morgan fingerprint density at radius 3 is 2.34 bits per heavy atom. The van der Waals surface area contributed by atoms with Gasteiger partial charge in [-0.05, 0) is 59.9 Å². The molecule has 35 heavy (non-hydrogen) atoms. The van der Waals surface area contributed by atoms with Crippen LogP contribution in [-0.2, 0) is 21.6 Å². The summed E-state index contributed by atoms with van der Waals surface area (Å²) >= 11 is 8.80. The molecule has 3 aromatic rings. The molecular formula is C28H33ClNO3S2+. The smallest absolute Gasteiger partial charge is 0.349 e. The highest BCUT2D eigenvalue weighted by molar-refractivity contribution is 7.12. The number of rotatable bonds is 9. The van der Waals surface area contributed by atoms with Crippen LogP contribution >= 0.6 is 34.3 Å². The number of esters is 1. The minimum Gasteiger partial charge on any atom is -0.459 e. The second-order valence-electron chi connectivity index (χ2n) is 10.6. The van der Waals surface area contributed by atoms with Crippen molar-refractivity contribution in [3.63, 3.8) is 0 Å². The van der Waals surface area contributed by atoms with Crippen molar-refractivity contribution in [2.24, 2.45) is 11.8 Å². The van der Waals surface area contributed by atoms with Gasteiger partial charge in [-0.3, -0.25) is 0 Å². The molecule has 2 bridgehead atoms. The van der Waals surface area contributed by atoms with Gasteiger partial charge in [-0.15, -0.1) is 22.7 Å². The molecular weight excluding hydrogens is 498 g/mol. The molecule has 3 unspecified atom stereocenters. The van der Waals surface area contributed by atoms with Gasteiger partial charge in [-0.25, -0.2) is 4.79 Å². The van der Waals surface area contributed by atoms with E-state index in [9.17, 15) is 9.90 Å². The number of hydrogen-bond acceptors (Lipinski definition) is 5. The molecule has 2 saturated carbocycles. The summed E-state index contributed by atoms with van der Waals surface area (Å²) in [4.78, 5) is 14.8. The molecule has 5 rings (SSSR count). The fourth-order valence-corrected chi connectivity index (χ4v) is 8.07. The Morgan fingerprint density at radius 1 is 1.09 bits per heavy atom. The Hall–Kier alpha value is -1.70. The van der Waals surface area contributed by atoms with Gasteiger partial charge >= 0.3 is 5.97 Å². The molecule has 0 aliphatic heterocycles. The van der Waals surface area contributed by atoms with Gasteiger partial charge in [0.25, 0.3) is 0 Å². The number of aryl methyl sites for hydroxylation is 1. The molecule has 186 valence electrons. The number of nitrogens with zero attached hydrogens (tertiary/aromatic N) is 1. The predicted molar refractivity (Wildman–Crippen MR) is 143 cm³/mol. The van der Waals surface area contributed by atoms with Gasteiger partial charge in [-0.1, -0.05) is 35.9 Å². The second-order valence-corrected chi connectivity index (χ2v) is 12.9. The third kappa shape index (κ3) is 4.84. The molecule has 0 saturated heterocycles. The highest BCUT2D eigenvalue weighted by atomic mass is 35.5. The van der Waals surface area contributed by atoms with E-state index in [1.54, 1.807) is 0 Å². The maximum Gasteiger partial charge on any atom is 0.349 e. The van der Waals surface area contributed by atoms with Crippen LogP contribution in [0.25, 0.3) is 0 Å². The number of halogens is 1. The first-order chi connectivity index (χ1) is 16.8. The summed E-state index contributed by atoms with van der Waals surface area (Å²) in [6, 6.07) is 16.0. The zero-order valence-electron chi connectivity index (χ0n) is 20.2. The summed E-state index contributed by atoms with van der Waals surface area (Å²) in [5, 5.41) is 16.2. The summed E-state index contributed by atoms with van der Waals surface area (Å²) < 4.78 is 7.16. The summed E-state index contributed by atoms with van der Waals surface area (Å²) in [6.45, 7) is 1.07. The fourth-order valence-electron chi connectivity index (χ4n) is 6.23. The number of carbonyl (C=O) groups excluding carboxylic acids is 1. The standard InChI is InChI=1S/C28H33ClNO3S2/c1-30(2,15-3-6-19-9-12-21(29)13-10-19)23-18-20-11-14-22(23)26(20)33-27(31)28(32,24-7-4-16-34-24)25-8-5-17-35-25/h4-5,7-10,12-13,16-17,20,22-23,26,32H,3,6,11,14-15,18H2,1-2H3/q+1/t20?,22?,23-,26?/m0/s1. The van der Waals surface area contributed by atoms with Crippen LogP contribution < -0.4 is 0 Å². The number of carbonyl (C=O) groups is 1. The van der Waals surface area contributed by atoms with Crippen molar-refractivity contribution in [1.29, 1.82) is 0 Å². The maximum atomic E-state index is 13.6. The van der Waals surface area contributed by atoms with E-state index < -0.39 is 11.6 Å². The second kappa shape index (κ2) is 9.98. The lowest BCUT2D eigenvalue weighted by molar-refractivity contribution is -0.918. The molecule has 2 fully saturated rings. The summed E-state index contributed by atoms with van der Waals surface area (Å²) in [5.74, 6) is 0.182. The molecule has 2 aromatic heterocycles. The van der Waals surface area contributed by atoms with Gasteiger partial charge in [0.15, 0.2) is 0 Å². The zero-order valence-corrected chi connectivity index (χ0v) is 22.6. The van der Waals surface area contributed by atoms with Gasteiger partial charge in [0.2, 0.25) is 5.60 Å². The normalized spacial score (nSPS) is 24.1. The molecule has 0 radical (unpaired) electrons. The van der Waals surface area contributed by atoms with Crippen LogP contribution in [0.5, 0.6) is 0 Å². The van der Waals surface area contributed by atoms with E-state index in [1.165, 1.54) is 28.2 Å². The van der Waals surface area contributed by atoms with Crippen molar-refractivity contribution in [3.05, 3.63) is 79.6 Å². The number of thiophene rings is 2. The number of hydrogen-bond donors (Lipinski definition) is 1. The van der Waals surface area contributed by atoms with Crippen LogP contribution in [-0.4, -0.2) is 48.3 Å². The Balaban J connectivity index is 1.26. The van der Waals surface area contributed by atoms with E-state index in [0.717, 1.165) is 48.2 Å². The quantitative estimate of drug-likeness (QED) is 0.268. The predicted octanol–water partition coefficient (Wildman–Crippen LogP) is 6.12. The van der Waals surface area contributed by atoms with E-state index >= 15 is 0 Å². The lowest BCUT2D eigenvalue weighted by Gasteiger charge is -2.40. The number of ether oxygens (including phenoxy) is 1. The first-order valence-electron chi connectivity index (χ1n) is 12.4. The van der Waals surface area contributed by atoms with E-state index in [0.29, 0.717) is 27.6 Å². The molecule has 2 aliphatic rings. The third-order valence-electron chi connectivity index (χ3n) is 8.10. The van der Waals surface area contributed by atoms with Crippen molar-refractivity contribution in [3.8, 4) is 0 Å². The van der Waals surface area contributed by atoms with Crippen LogP contribution in [0.1, 0.15) is 41.0 Å². The topological polar surface area (TPSA) is 46.5 Å². The SMILES string of the molecule is C[N+](C)(CCCc1ccc(Cl)cc1)[C@H]1CC2CCC1C2OC(=O)C(O)(c1cccs1)c1cccs1. The molecule has 0 spiro atoms. The zero-order chi connectivity index (χ0) is 24.6. The van der Waals surface area contributed by atoms with E-state index in [2.05, 4.69) is 26.2 Å². The first-order valence-corrected chi connectivity index (χ1v) is 14.5. The minimum atomic E-state index is -1.73. The number of quaternary nitrogens is 1. The average Bonchev–Trinajstić information content (AvgIpc) is 3.65. The number of benzene rings is 1. The van der Waals surface area contributed by atoms with Crippen molar-refractivity contribution in [1.82, 2.24) is 0 Å². The Bertz CT molecular complexity index is 1090. The molecule has 1 N–H and O–H groups in total. The fraction of sp³-hybridized carbons (Fsp3) is 0.464. The summed E-state index contributed by atoms with van der Waals surface area (Å²) in [7, 11) is 4.64. The van der Waals surface area contributed by atoms with Gasteiger partial charge in [0, 0.05) is 29.7 Å². The molecule has 4 atom stereocenters. The minimum absolute atomic E-state index is 0.118. The molecule has 2 heterocycles. The average molecular weight is 531 g/mol. The Morgan fingerprint density at radius 2 is 1.74 bits per heavy atom. The molecule has 7 heteroatoms. The van der Waals surface area contributed by atoms with Gasteiger partial charge in [0.05, 0.1) is 36.4 Å². The van der Waals surface area contributed by atoms with Crippen LogP contribution in [0.4, 0.5) is 0 Å². The van der Waals surface area contributed by atoms with Crippen molar-refractivity contribution in [2.45, 2.75) is 49.9 Å². The van der Waals surface area contributed by atoms with Crippen molar-refractivity contribution in [2.75, 3.05) is 20.6 Å². The lowest BCUT2D eigenvalue weighted by Crippen LogP contribution is -2.52. The monoisotopic (exact) mass is 530 g/mol. The van der Waals surface area contributed by atoms with E-state index in [-0.39, 0.29) is 6.10 Å². The van der Waals surface area contributed by atoms with Crippen LogP contribution in [0.15, 0.2) is 59.3 Å². The highest BCUT2D eigenvalue weighted by Crippen LogP contribution is 2.50. The van der Waals surface area contributed by atoms with Gasteiger partial charge in [0.1, 0.15) is 6.10 Å². The highest BCUT2D eigenvalue weighted by Gasteiger charge is 2.57. The van der Waals surface area contributed by atoms with Crippen LogP contribution in [0, 0.1) is 11.8 Å². The van der Waals surface area contributed by atoms with Crippen LogP contribution in [0.2, 0.25) is 5.02 Å². The Labute approximate surface area is 220 Å². The molecule has 1 aromatic carbocycles. The molecule has 0 amide bonds. The van der Waals surface area contributed by atoms with Gasteiger partial charge in [-0.2, -0.15) is 0 Å². The molecule has 4 nitrogen and oxygen atoms in total. The van der Waals surface area contributed by atoms with E-state index in [1.807, 2.05) is 47.2 Å². The largest absolute Gasteiger partial charge is 0.459 e. The number of fused-ring (bicyclic) bond motifs is 2. The van der Waals surface area contributed by atoms with E-state index in [4.69, 9.17) is 16.3 Å². The molecule has 2 aliphatic carbocycles. The Kier molecular flexibility index (Phi) is 7.12. The lowest BCUT2D eigenvalue weighted by atomic mass is 9.92. The summed E-state index contributed by atoms with van der Waals surface area (Å²) in [5.41, 5.74) is -0.418. The maximum absolute atomic E-state index is 13.6.